The Morgan fingerprint density at radius 3 is 2.44 bits per heavy atom. The van der Waals surface area contributed by atoms with Crippen molar-refractivity contribution < 1.29 is 14.6 Å². The van der Waals surface area contributed by atoms with Crippen LogP contribution in [0.15, 0.2) is 30.3 Å². The smallest absolute Gasteiger partial charge is 0.260 e. The Bertz CT molecular complexity index is 1070. The summed E-state index contributed by atoms with van der Waals surface area (Å²) < 4.78 is 5.45. The van der Waals surface area contributed by atoms with Crippen molar-refractivity contribution in [3.8, 4) is 0 Å². The summed E-state index contributed by atoms with van der Waals surface area (Å²) in [4.78, 5) is 27.5. The Morgan fingerprint density at radius 1 is 1.00 bits per heavy atom. The van der Waals surface area contributed by atoms with E-state index in [-0.39, 0.29) is 18.1 Å². The lowest BCUT2D eigenvalue weighted by Crippen LogP contribution is -2.37. The standard InChI is InChI=1S/C27H38N6O3/c1-26(2,12-17-34)31-22-7-6-20(24(29-22)33-13-10-27(8-9-27)11-14-33)25(35)30-21-4-3-5-23(28-21)32-15-18-36-19-16-32/h3-7,34H,8-19H2,1-2H3,(H,29,31)(H,28,30,35). The predicted octanol–water partition coefficient (Wildman–Crippen LogP) is 3.52. The molecule has 0 atom stereocenters. The van der Waals surface area contributed by atoms with Crippen LogP contribution in [0.5, 0.6) is 0 Å². The molecule has 0 bridgehead atoms. The Hall–Kier alpha value is -2.91. The van der Waals surface area contributed by atoms with Crippen molar-refractivity contribution in [3.05, 3.63) is 35.9 Å². The molecule has 1 amide bonds. The molecular weight excluding hydrogens is 456 g/mol. The average molecular weight is 495 g/mol. The van der Waals surface area contributed by atoms with Crippen LogP contribution in [0.2, 0.25) is 0 Å². The van der Waals surface area contributed by atoms with Crippen LogP contribution in [0, 0.1) is 5.41 Å². The van der Waals surface area contributed by atoms with Gasteiger partial charge in [0.05, 0.1) is 18.8 Å². The number of nitrogens with zero attached hydrogens (tertiary/aromatic N) is 4. The Balaban J connectivity index is 1.37. The maximum atomic E-state index is 13.5. The van der Waals surface area contributed by atoms with E-state index in [1.807, 2.05) is 44.2 Å². The summed E-state index contributed by atoms with van der Waals surface area (Å²) in [5, 5.41) is 15.9. The molecule has 1 aliphatic carbocycles. The van der Waals surface area contributed by atoms with Crippen LogP contribution in [0.4, 0.5) is 23.3 Å². The van der Waals surface area contributed by atoms with Crippen molar-refractivity contribution in [2.24, 2.45) is 5.41 Å². The lowest BCUT2D eigenvalue weighted by atomic mass is 9.93. The Labute approximate surface area is 213 Å². The van der Waals surface area contributed by atoms with Gasteiger partial charge in [0.25, 0.3) is 5.91 Å². The number of carbonyl (C=O) groups is 1. The first kappa shape index (κ1) is 24.8. The first-order chi connectivity index (χ1) is 17.4. The van der Waals surface area contributed by atoms with Gasteiger partial charge in [0, 0.05) is 38.3 Å². The van der Waals surface area contributed by atoms with E-state index in [0.29, 0.717) is 48.1 Å². The number of morpholine rings is 1. The fourth-order valence-corrected chi connectivity index (χ4v) is 5.14. The molecular formula is C27H38N6O3. The third kappa shape index (κ3) is 5.73. The van der Waals surface area contributed by atoms with Crippen molar-refractivity contribution in [3.63, 3.8) is 0 Å². The monoisotopic (exact) mass is 494 g/mol. The predicted molar refractivity (Wildman–Crippen MR) is 142 cm³/mol. The van der Waals surface area contributed by atoms with Gasteiger partial charge in [-0.2, -0.15) is 0 Å². The molecule has 3 aliphatic rings. The normalized spacial score (nSPS) is 19.3. The number of hydrogen-bond acceptors (Lipinski definition) is 8. The van der Waals surface area contributed by atoms with Gasteiger partial charge in [-0.05, 0) is 75.6 Å². The zero-order chi connectivity index (χ0) is 25.2. The van der Waals surface area contributed by atoms with Crippen LogP contribution in [0.3, 0.4) is 0 Å². The van der Waals surface area contributed by atoms with Crippen molar-refractivity contribution in [1.29, 1.82) is 0 Å². The Kier molecular flexibility index (Phi) is 7.03. The maximum Gasteiger partial charge on any atom is 0.260 e. The quantitative estimate of drug-likeness (QED) is 0.512. The molecule has 0 aromatic carbocycles. The summed E-state index contributed by atoms with van der Waals surface area (Å²) >= 11 is 0. The average Bonchev–Trinajstić information content (AvgIpc) is 3.63. The van der Waals surface area contributed by atoms with Gasteiger partial charge in [-0.1, -0.05) is 6.07 Å². The molecule has 3 N–H and O–H groups in total. The van der Waals surface area contributed by atoms with E-state index in [0.717, 1.165) is 44.8 Å². The van der Waals surface area contributed by atoms with E-state index >= 15 is 0 Å². The van der Waals surface area contributed by atoms with Crippen molar-refractivity contribution >= 4 is 29.2 Å². The highest BCUT2D eigenvalue weighted by molar-refractivity contribution is 6.07. The molecule has 0 radical (unpaired) electrons. The lowest BCUT2D eigenvalue weighted by Gasteiger charge is -2.34. The van der Waals surface area contributed by atoms with E-state index in [4.69, 9.17) is 9.72 Å². The van der Waals surface area contributed by atoms with Gasteiger partial charge in [0.1, 0.15) is 23.3 Å². The number of hydrogen-bond donors (Lipinski definition) is 3. The second-order valence-corrected chi connectivity index (χ2v) is 11.0. The van der Waals surface area contributed by atoms with Gasteiger partial charge in [-0.3, -0.25) is 4.79 Å². The van der Waals surface area contributed by atoms with Crippen LogP contribution in [-0.4, -0.2) is 72.5 Å². The number of nitrogens with one attached hydrogen (secondary N) is 2. The zero-order valence-corrected chi connectivity index (χ0v) is 21.4. The molecule has 2 aromatic heterocycles. The van der Waals surface area contributed by atoms with Gasteiger partial charge >= 0.3 is 0 Å². The number of aliphatic hydroxyl groups is 1. The molecule has 2 saturated heterocycles. The second-order valence-electron chi connectivity index (χ2n) is 11.0. The summed E-state index contributed by atoms with van der Waals surface area (Å²) in [7, 11) is 0. The number of piperidine rings is 1. The minimum atomic E-state index is -0.313. The molecule has 3 fully saturated rings. The number of carbonyl (C=O) groups excluding carboxylic acids is 1. The first-order valence-electron chi connectivity index (χ1n) is 13.1. The molecule has 36 heavy (non-hydrogen) atoms. The van der Waals surface area contributed by atoms with Gasteiger partial charge in [-0.25, -0.2) is 9.97 Å². The maximum absolute atomic E-state index is 13.5. The van der Waals surface area contributed by atoms with Crippen LogP contribution in [0.1, 0.15) is 56.3 Å². The van der Waals surface area contributed by atoms with E-state index in [9.17, 15) is 9.90 Å². The van der Waals surface area contributed by atoms with E-state index in [1.54, 1.807) is 0 Å². The van der Waals surface area contributed by atoms with Gasteiger partial charge in [0.2, 0.25) is 0 Å². The summed E-state index contributed by atoms with van der Waals surface area (Å²) in [6.45, 7) is 8.92. The second kappa shape index (κ2) is 10.2. The molecule has 5 rings (SSSR count). The summed E-state index contributed by atoms with van der Waals surface area (Å²) in [6.07, 6.45) is 5.54. The van der Waals surface area contributed by atoms with Crippen LogP contribution in [0.25, 0.3) is 0 Å². The van der Waals surface area contributed by atoms with Gasteiger partial charge < -0.3 is 30.3 Å². The highest BCUT2D eigenvalue weighted by atomic mass is 16.5. The fraction of sp³-hybridized carbons (Fsp3) is 0.593. The van der Waals surface area contributed by atoms with E-state index < -0.39 is 0 Å². The first-order valence-corrected chi connectivity index (χ1v) is 13.1. The van der Waals surface area contributed by atoms with Crippen molar-refractivity contribution in [1.82, 2.24) is 9.97 Å². The minimum Gasteiger partial charge on any atom is -0.396 e. The van der Waals surface area contributed by atoms with Crippen LogP contribution < -0.4 is 20.4 Å². The molecule has 194 valence electrons. The number of aromatic nitrogens is 2. The summed E-state index contributed by atoms with van der Waals surface area (Å²) in [6, 6.07) is 9.40. The lowest BCUT2D eigenvalue weighted by molar-refractivity contribution is 0.102. The molecule has 4 heterocycles. The van der Waals surface area contributed by atoms with Crippen LogP contribution >= 0.6 is 0 Å². The van der Waals surface area contributed by atoms with E-state index in [2.05, 4.69) is 25.4 Å². The Morgan fingerprint density at radius 2 is 1.75 bits per heavy atom. The van der Waals surface area contributed by atoms with E-state index in [1.165, 1.54) is 12.8 Å². The molecule has 0 unspecified atom stereocenters. The molecule has 9 heteroatoms. The fourth-order valence-electron chi connectivity index (χ4n) is 5.14. The molecule has 1 saturated carbocycles. The number of amides is 1. The zero-order valence-electron chi connectivity index (χ0n) is 21.4. The summed E-state index contributed by atoms with van der Waals surface area (Å²) in [5.41, 5.74) is 0.764. The number of aliphatic hydroxyl groups excluding tert-OH is 1. The van der Waals surface area contributed by atoms with Gasteiger partial charge in [-0.15, -0.1) is 0 Å². The van der Waals surface area contributed by atoms with Crippen LogP contribution in [-0.2, 0) is 4.74 Å². The number of anilines is 4. The number of pyridine rings is 2. The van der Waals surface area contributed by atoms with Crippen molar-refractivity contribution in [2.45, 2.75) is 51.5 Å². The summed E-state index contributed by atoms with van der Waals surface area (Å²) in [5.74, 6) is 2.57. The molecule has 1 spiro atoms. The van der Waals surface area contributed by atoms with Crippen molar-refractivity contribution in [2.75, 3.05) is 66.4 Å². The highest BCUT2D eigenvalue weighted by Gasteiger charge is 2.45. The number of ether oxygens (including phenoxy) is 1. The largest absolute Gasteiger partial charge is 0.396 e. The van der Waals surface area contributed by atoms with Gasteiger partial charge in [0.15, 0.2) is 0 Å². The SMILES string of the molecule is CC(C)(CCO)Nc1ccc(C(=O)Nc2cccc(N3CCOCC3)n2)c(N2CCC3(CC2)CC3)n1. The third-order valence-electron chi connectivity index (χ3n) is 7.71. The highest BCUT2D eigenvalue weighted by Crippen LogP contribution is 2.54. The molecule has 9 nitrogen and oxygen atoms in total. The number of rotatable bonds is 8. The minimum absolute atomic E-state index is 0.0953. The molecule has 2 aliphatic heterocycles. The topological polar surface area (TPSA) is 103 Å². The third-order valence-corrected chi connectivity index (χ3v) is 7.71. The molecule has 2 aromatic rings.